The van der Waals surface area contributed by atoms with Crippen LogP contribution in [0.25, 0.3) is 0 Å². The van der Waals surface area contributed by atoms with Crippen molar-refractivity contribution in [3.63, 3.8) is 0 Å². The third kappa shape index (κ3) is 5.53. The lowest BCUT2D eigenvalue weighted by atomic mass is 9.98. The minimum absolute atomic E-state index is 0.216. The molecule has 17 heavy (non-hydrogen) atoms. The molecule has 3 unspecified atom stereocenters. The zero-order valence-corrected chi connectivity index (χ0v) is 11.4. The number of hydrogen-bond acceptors (Lipinski definition) is 2. The van der Waals surface area contributed by atoms with Gasteiger partial charge >= 0.3 is 0 Å². The summed E-state index contributed by atoms with van der Waals surface area (Å²) in [6.45, 7) is 6.07. The number of carbonyl (C=O) groups excluding carboxylic acids is 1. The van der Waals surface area contributed by atoms with E-state index in [1.54, 1.807) is 0 Å². The van der Waals surface area contributed by atoms with E-state index in [1.807, 2.05) is 0 Å². The molecule has 100 valence electrons. The Hall–Kier alpha value is -0.570. The van der Waals surface area contributed by atoms with E-state index >= 15 is 0 Å². The molecule has 0 radical (unpaired) electrons. The standard InChI is InChI=1S/C14H28N2O/c1-11(8-9-15)6-7-14(17)16-10-13-5-3-4-12(13)2/h11-13H,3-10,15H2,1-2H3,(H,16,17). The molecule has 1 aliphatic rings. The fourth-order valence-electron chi connectivity index (χ4n) is 2.67. The molecular formula is C14H28N2O. The van der Waals surface area contributed by atoms with Crippen LogP contribution in [0.3, 0.4) is 0 Å². The van der Waals surface area contributed by atoms with Gasteiger partial charge in [0.05, 0.1) is 0 Å². The molecular weight excluding hydrogens is 212 g/mol. The van der Waals surface area contributed by atoms with Crippen molar-refractivity contribution in [3.05, 3.63) is 0 Å². The van der Waals surface area contributed by atoms with E-state index in [4.69, 9.17) is 5.73 Å². The minimum atomic E-state index is 0.216. The Morgan fingerprint density at radius 1 is 1.41 bits per heavy atom. The second-order valence-corrected chi connectivity index (χ2v) is 5.69. The van der Waals surface area contributed by atoms with Gasteiger partial charge in [-0.1, -0.05) is 26.7 Å². The summed E-state index contributed by atoms with van der Waals surface area (Å²) < 4.78 is 0. The molecule has 0 aromatic heterocycles. The highest BCUT2D eigenvalue weighted by atomic mass is 16.1. The molecule has 0 aromatic carbocycles. The van der Waals surface area contributed by atoms with Gasteiger partial charge < -0.3 is 11.1 Å². The summed E-state index contributed by atoms with van der Waals surface area (Å²) >= 11 is 0. The van der Waals surface area contributed by atoms with Gasteiger partial charge in [-0.25, -0.2) is 0 Å². The Labute approximate surface area is 106 Å². The molecule has 3 nitrogen and oxygen atoms in total. The highest BCUT2D eigenvalue weighted by Crippen LogP contribution is 2.30. The van der Waals surface area contributed by atoms with E-state index in [0.717, 1.165) is 31.8 Å². The predicted molar refractivity (Wildman–Crippen MR) is 71.6 cm³/mol. The van der Waals surface area contributed by atoms with E-state index in [1.165, 1.54) is 19.3 Å². The maximum Gasteiger partial charge on any atom is 0.220 e. The zero-order chi connectivity index (χ0) is 12.7. The van der Waals surface area contributed by atoms with Crippen molar-refractivity contribution < 1.29 is 4.79 Å². The molecule has 1 aliphatic carbocycles. The third-order valence-corrected chi connectivity index (χ3v) is 4.12. The molecule has 0 bridgehead atoms. The minimum Gasteiger partial charge on any atom is -0.356 e. The molecule has 3 N–H and O–H groups in total. The molecule has 0 spiro atoms. The smallest absolute Gasteiger partial charge is 0.220 e. The zero-order valence-electron chi connectivity index (χ0n) is 11.4. The first-order valence-electron chi connectivity index (χ1n) is 7.10. The Balaban J connectivity index is 2.08. The quantitative estimate of drug-likeness (QED) is 0.717. The van der Waals surface area contributed by atoms with Crippen molar-refractivity contribution in [3.8, 4) is 0 Å². The predicted octanol–water partition coefficient (Wildman–Crippen LogP) is 2.30. The average Bonchev–Trinajstić information content (AvgIpc) is 2.70. The molecule has 0 saturated heterocycles. The third-order valence-electron chi connectivity index (χ3n) is 4.12. The van der Waals surface area contributed by atoms with Gasteiger partial charge in [-0.2, -0.15) is 0 Å². The van der Waals surface area contributed by atoms with Gasteiger partial charge in [0.2, 0.25) is 5.91 Å². The van der Waals surface area contributed by atoms with Crippen molar-refractivity contribution >= 4 is 5.91 Å². The van der Waals surface area contributed by atoms with Crippen LogP contribution in [0.2, 0.25) is 0 Å². The monoisotopic (exact) mass is 240 g/mol. The van der Waals surface area contributed by atoms with Gasteiger partial charge in [0, 0.05) is 13.0 Å². The van der Waals surface area contributed by atoms with Crippen molar-refractivity contribution in [2.24, 2.45) is 23.5 Å². The first kappa shape index (κ1) is 14.5. The van der Waals surface area contributed by atoms with E-state index in [2.05, 4.69) is 19.2 Å². The molecule has 1 saturated carbocycles. The van der Waals surface area contributed by atoms with Gasteiger partial charge in [0.1, 0.15) is 0 Å². The van der Waals surface area contributed by atoms with E-state index in [0.29, 0.717) is 18.3 Å². The summed E-state index contributed by atoms with van der Waals surface area (Å²) in [4.78, 5) is 11.7. The summed E-state index contributed by atoms with van der Waals surface area (Å²) in [6.07, 6.45) is 6.58. The molecule has 0 aromatic rings. The lowest BCUT2D eigenvalue weighted by Crippen LogP contribution is -2.30. The number of rotatable bonds is 7. The van der Waals surface area contributed by atoms with Crippen LogP contribution >= 0.6 is 0 Å². The Kier molecular flexibility index (Phi) is 6.56. The second kappa shape index (κ2) is 7.70. The largest absolute Gasteiger partial charge is 0.356 e. The van der Waals surface area contributed by atoms with Gasteiger partial charge in [0.25, 0.3) is 0 Å². The maximum atomic E-state index is 11.7. The second-order valence-electron chi connectivity index (χ2n) is 5.69. The normalized spacial score (nSPS) is 25.8. The maximum absolute atomic E-state index is 11.7. The number of carbonyl (C=O) groups is 1. The van der Waals surface area contributed by atoms with Crippen LogP contribution in [0.1, 0.15) is 52.4 Å². The molecule has 3 heteroatoms. The number of nitrogens with one attached hydrogen (secondary N) is 1. The Bertz CT molecular complexity index is 230. The molecule has 1 amide bonds. The van der Waals surface area contributed by atoms with Crippen LogP contribution in [0.4, 0.5) is 0 Å². The molecule has 3 atom stereocenters. The topological polar surface area (TPSA) is 55.1 Å². The van der Waals surface area contributed by atoms with Crippen molar-refractivity contribution in [1.82, 2.24) is 5.32 Å². The van der Waals surface area contributed by atoms with Crippen LogP contribution in [-0.4, -0.2) is 19.0 Å². The summed E-state index contributed by atoms with van der Waals surface area (Å²) in [6, 6.07) is 0. The SMILES string of the molecule is CC(CCN)CCC(=O)NCC1CCCC1C. The fraction of sp³-hybridized carbons (Fsp3) is 0.929. The van der Waals surface area contributed by atoms with Crippen LogP contribution in [0.5, 0.6) is 0 Å². The van der Waals surface area contributed by atoms with Gasteiger partial charge in [0.15, 0.2) is 0 Å². The van der Waals surface area contributed by atoms with Crippen molar-refractivity contribution in [2.45, 2.75) is 52.4 Å². The average molecular weight is 240 g/mol. The lowest BCUT2D eigenvalue weighted by molar-refractivity contribution is -0.121. The highest BCUT2D eigenvalue weighted by molar-refractivity contribution is 5.75. The summed E-state index contributed by atoms with van der Waals surface area (Å²) in [7, 11) is 0. The molecule has 0 heterocycles. The fourth-order valence-corrected chi connectivity index (χ4v) is 2.67. The van der Waals surface area contributed by atoms with E-state index in [9.17, 15) is 4.79 Å². The van der Waals surface area contributed by atoms with Crippen LogP contribution in [-0.2, 0) is 4.79 Å². The van der Waals surface area contributed by atoms with E-state index < -0.39 is 0 Å². The van der Waals surface area contributed by atoms with Crippen molar-refractivity contribution in [2.75, 3.05) is 13.1 Å². The molecule has 0 aliphatic heterocycles. The van der Waals surface area contributed by atoms with Gasteiger partial charge in [-0.15, -0.1) is 0 Å². The summed E-state index contributed by atoms with van der Waals surface area (Å²) in [5.41, 5.74) is 5.49. The van der Waals surface area contributed by atoms with Crippen LogP contribution in [0.15, 0.2) is 0 Å². The Morgan fingerprint density at radius 2 is 2.18 bits per heavy atom. The first-order chi connectivity index (χ1) is 8.13. The number of nitrogens with two attached hydrogens (primary N) is 1. The van der Waals surface area contributed by atoms with E-state index in [-0.39, 0.29) is 5.91 Å². The van der Waals surface area contributed by atoms with Gasteiger partial charge in [-0.05, 0) is 43.6 Å². The number of amides is 1. The summed E-state index contributed by atoms with van der Waals surface area (Å²) in [5.74, 6) is 2.27. The number of hydrogen-bond donors (Lipinski definition) is 2. The molecule has 1 fully saturated rings. The Morgan fingerprint density at radius 3 is 2.76 bits per heavy atom. The van der Waals surface area contributed by atoms with Crippen molar-refractivity contribution in [1.29, 1.82) is 0 Å². The highest BCUT2D eigenvalue weighted by Gasteiger charge is 2.23. The summed E-state index contributed by atoms with van der Waals surface area (Å²) in [5, 5.41) is 3.08. The lowest BCUT2D eigenvalue weighted by Gasteiger charge is -2.16. The van der Waals surface area contributed by atoms with Crippen LogP contribution in [0, 0.1) is 17.8 Å². The molecule has 1 rings (SSSR count). The first-order valence-corrected chi connectivity index (χ1v) is 7.10. The van der Waals surface area contributed by atoms with Crippen LogP contribution < -0.4 is 11.1 Å². The van der Waals surface area contributed by atoms with Gasteiger partial charge in [-0.3, -0.25) is 4.79 Å².